The van der Waals surface area contributed by atoms with Gasteiger partial charge < -0.3 is 5.32 Å². The third-order valence-electron chi connectivity index (χ3n) is 3.64. The fraction of sp³-hybridized carbons (Fsp3) is 0.278. The molecule has 24 heavy (non-hydrogen) atoms. The molecule has 128 valence electrons. The van der Waals surface area contributed by atoms with Crippen LogP contribution in [0.5, 0.6) is 0 Å². The number of sulfone groups is 1. The lowest BCUT2D eigenvalue weighted by molar-refractivity contribution is 0.102. The maximum absolute atomic E-state index is 13.9. The van der Waals surface area contributed by atoms with Crippen molar-refractivity contribution in [3.63, 3.8) is 0 Å². The molecule has 0 fully saturated rings. The average molecular weight is 349 g/mol. The molecule has 0 atom stereocenters. The summed E-state index contributed by atoms with van der Waals surface area (Å²) in [6, 6.07) is 10.5. The third-order valence-corrected chi connectivity index (χ3v) is 4.75. The van der Waals surface area contributed by atoms with Gasteiger partial charge >= 0.3 is 0 Å². The average Bonchev–Trinajstić information content (AvgIpc) is 2.53. The van der Waals surface area contributed by atoms with Gasteiger partial charge in [-0.1, -0.05) is 25.5 Å². The second-order valence-electron chi connectivity index (χ2n) is 5.67. The maximum atomic E-state index is 13.9. The van der Waals surface area contributed by atoms with Gasteiger partial charge in [-0.25, -0.2) is 12.8 Å². The van der Waals surface area contributed by atoms with E-state index < -0.39 is 21.6 Å². The molecule has 0 unspecified atom stereocenters. The Kier molecular flexibility index (Phi) is 5.72. The second kappa shape index (κ2) is 7.57. The zero-order chi connectivity index (χ0) is 17.7. The highest BCUT2D eigenvalue weighted by molar-refractivity contribution is 7.90. The van der Waals surface area contributed by atoms with Crippen LogP contribution in [0.3, 0.4) is 0 Å². The number of halogens is 1. The van der Waals surface area contributed by atoms with Gasteiger partial charge in [-0.05, 0) is 48.7 Å². The van der Waals surface area contributed by atoms with Crippen LogP contribution in [0.4, 0.5) is 10.1 Å². The van der Waals surface area contributed by atoms with Crippen LogP contribution in [-0.2, 0) is 16.3 Å². The summed E-state index contributed by atoms with van der Waals surface area (Å²) in [6.45, 7) is 2.12. The number of amides is 1. The predicted molar refractivity (Wildman–Crippen MR) is 92.5 cm³/mol. The van der Waals surface area contributed by atoms with Crippen molar-refractivity contribution in [2.45, 2.75) is 31.1 Å². The van der Waals surface area contributed by atoms with E-state index in [1.54, 1.807) is 12.1 Å². The van der Waals surface area contributed by atoms with Crippen molar-refractivity contribution in [1.29, 1.82) is 0 Å². The number of rotatable bonds is 6. The van der Waals surface area contributed by atoms with Gasteiger partial charge in [0.05, 0.1) is 10.5 Å². The van der Waals surface area contributed by atoms with E-state index in [4.69, 9.17) is 0 Å². The minimum Gasteiger partial charge on any atom is -0.322 e. The lowest BCUT2D eigenvalue weighted by Crippen LogP contribution is -2.14. The molecule has 0 aliphatic heterocycles. The highest BCUT2D eigenvalue weighted by atomic mass is 32.2. The van der Waals surface area contributed by atoms with E-state index in [2.05, 4.69) is 12.2 Å². The predicted octanol–water partition coefficient (Wildman–Crippen LogP) is 3.82. The van der Waals surface area contributed by atoms with Gasteiger partial charge in [0.2, 0.25) is 0 Å². The Morgan fingerprint density at radius 2 is 1.79 bits per heavy atom. The summed E-state index contributed by atoms with van der Waals surface area (Å²) in [6.07, 6.45) is 4.18. The summed E-state index contributed by atoms with van der Waals surface area (Å²) in [5.74, 6) is -1.45. The monoisotopic (exact) mass is 349 g/mol. The molecule has 0 aromatic heterocycles. The van der Waals surface area contributed by atoms with Gasteiger partial charge in [-0.2, -0.15) is 0 Å². The molecule has 0 heterocycles. The molecule has 0 aliphatic carbocycles. The van der Waals surface area contributed by atoms with E-state index in [0.29, 0.717) is 5.69 Å². The van der Waals surface area contributed by atoms with Crippen molar-refractivity contribution in [3.05, 3.63) is 59.4 Å². The van der Waals surface area contributed by atoms with E-state index in [1.807, 2.05) is 12.1 Å². The van der Waals surface area contributed by atoms with Crippen LogP contribution in [0.1, 0.15) is 35.7 Å². The Balaban J connectivity index is 2.18. The lowest BCUT2D eigenvalue weighted by Gasteiger charge is -2.08. The SMILES string of the molecule is CCCCc1ccc(NC(=O)c2cc(S(C)(=O)=O)ccc2F)cc1. The first-order valence-electron chi connectivity index (χ1n) is 7.71. The van der Waals surface area contributed by atoms with Crippen molar-refractivity contribution in [2.75, 3.05) is 11.6 Å². The van der Waals surface area contributed by atoms with Gasteiger partial charge in [-0.3, -0.25) is 4.79 Å². The van der Waals surface area contributed by atoms with Crippen LogP contribution in [0, 0.1) is 5.82 Å². The molecule has 1 amide bonds. The second-order valence-corrected chi connectivity index (χ2v) is 7.68. The van der Waals surface area contributed by atoms with E-state index in [-0.39, 0.29) is 10.5 Å². The summed E-state index contributed by atoms with van der Waals surface area (Å²) in [5, 5.41) is 2.59. The number of carbonyl (C=O) groups excluding carboxylic acids is 1. The number of nitrogens with one attached hydrogen (secondary N) is 1. The Morgan fingerprint density at radius 3 is 2.38 bits per heavy atom. The Labute approximate surface area is 141 Å². The highest BCUT2D eigenvalue weighted by Crippen LogP contribution is 2.18. The van der Waals surface area contributed by atoms with Gasteiger partial charge in [0, 0.05) is 11.9 Å². The zero-order valence-electron chi connectivity index (χ0n) is 13.7. The van der Waals surface area contributed by atoms with Crippen LogP contribution < -0.4 is 5.32 Å². The Morgan fingerprint density at radius 1 is 1.12 bits per heavy atom. The van der Waals surface area contributed by atoms with Gasteiger partial charge in [-0.15, -0.1) is 0 Å². The molecule has 4 nitrogen and oxygen atoms in total. The summed E-state index contributed by atoms with van der Waals surface area (Å²) >= 11 is 0. The van der Waals surface area contributed by atoms with E-state index >= 15 is 0 Å². The molecule has 2 aromatic rings. The number of aryl methyl sites for hydroxylation is 1. The highest BCUT2D eigenvalue weighted by Gasteiger charge is 2.16. The largest absolute Gasteiger partial charge is 0.322 e. The Bertz CT molecular complexity index is 830. The molecule has 0 radical (unpaired) electrons. The third kappa shape index (κ3) is 4.64. The molecule has 0 saturated carbocycles. The summed E-state index contributed by atoms with van der Waals surface area (Å²) in [7, 11) is -3.51. The topological polar surface area (TPSA) is 63.2 Å². The molecule has 0 spiro atoms. The number of hydrogen-bond donors (Lipinski definition) is 1. The minimum atomic E-state index is -3.51. The normalized spacial score (nSPS) is 11.3. The number of hydrogen-bond acceptors (Lipinski definition) is 3. The number of unbranched alkanes of at least 4 members (excludes halogenated alkanes) is 1. The smallest absolute Gasteiger partial charge is 0.258 e. The number of benzene rings is 2. The number of carbonyl (C=O) groups is 1. The van der Waals surface area contributed by atoms with Gasteiger partial charge in [0.25, 0.3) is 5.91 Å². The van der Waals surface area contributed by atoms with E-state index in [0.717, 1.165) is 43.7 Å². The Hall–Kier alpha value is -2.21. The lowest BCUT2D eigenvalue weighted by atomic mass is 10.1. The first kappa shape index (κ1) is 18.1. The molecule has 0 bridgehead atoms. The molecule has 0 saturated heterocycles. The van der Waals surface area contributed by atoms with Crippen LogP contribution in [0.25, 0.3) is 0 Å². The van der Waals surface area contributed by atoms with Crippen molar-refractivity contribution in [2.24, 2.45) is 0 Å². The van der Waals surface area contributed by atoms with Gasteiger partial charge in [0.1, 0.15) is 5.82 Å². The standard InChI is InChI=1S/C18H20FNO3S/c1-3-4-5-13-6-8-14(9-7-13)20-18(21)16-12-15(24(2,22)23)10-11-17(16)19/h6-12H,3-5H2,1-2H3,(H,20,21). The molecule has 0 aliphatic rings. The molecule has 6 heteroatoms. The van der Waals surface area contributed by atoms with Crippen LogP contribution in [-0.4, -0.2) is 20.6 Å². The summed E-state index contributed by atoms with van der Waals surface area (Å²) in [5.41, 5.74) is 1.40. The van der Waals surface area contributed by atoms with Crippen LogP contribution in [0.2, 0.25) is 0 Å². The van der Waals surface area contributed by atoms with Crippen molar-refractivity contribution >= 4 is 21.4 Å². The van der Waals surface area contributed by atoms with Crippen molar-refractivity contribution in [3.8, 4) is 0 Å². The van der Waals surface area contributed by atoms with Gasteiger partial charge in [0.15, 0.2) is 9.84 Å². The number of anilines is 1. The molecule has 2 rings (SSSR count). The van der Waals surface area contributed by atoms with Crippen LogP contribution in [0.15, 0.2) is 47.4 Å². The van der Waals surface area contributed by atoms with Crippen molar-refractivity contribution in [1.82, 2.24) is 0 Å². The molecule has 2 aromatic carbocycles. The summed E-state index contributed by atoms with van der Waals surface area (Å²) < 4.78 is 37.0. The molecule has 1 N–H and O–H groups in total. The van der Waals surface area contributed by atoms with E-state index in [9.17, 15) is 17.6 Å². The fourth-order valence-corrected chi connectivity index (χ4v) is 2.89. The molecular weight excluding hydrogens is 329 g/mol. The van der Waals surface area contributed by atoms with Crippen LogP contribution >= 0.6 is 0 Å². The first-order chi connectivity index (χ1) is 11.3. The fourth-order valence-electron chi connectivity index (χ4n) is 2.24. The molecular formula is C18H20FNO3S. The maximum Gasteiger partial charge on any atom is 0.258 e. The minimum absolute atomic E-state index is 0.0936. The van der Waals surface area contributed by atoms with E-state index in [1.165, 1.54) is 5.56 Å². The van der Waals surface area contributed by atoms with Crippen molar-refractivity contribution < 1.29 is 17.6 Å². The first-order valence-corrected chi connectivity index (χ1v) is 9.60. The summed E-state index contributed by atoms with van der Waals surface area (Å²) in [4.78, 5) is 12.1. The quantitative estimate of drug-likeness (QED) is 0.806. The zero-order valence-corrected chi connectivity index (χ0v) is 14.5.